The Labute approximate surface area is 109 Å². The molecule has 0 aliphatic carbocycles. The summed E-state index contributed by atoms with van der Waals surface area (Å²) in [6.07, 6.45) is 3.91. The molecule has 18 heavy (non-hydrogen) atoms. The van der Waals surface area contributed by atoms with E-state index < -0.39 is 0 Å². The summed E-state index contributed by atoms with van der Waals surface area (Å²) in [6.45, 7) is 5.05. The summed E-state index contributed by atoms with van der Waals surface area (Å²) in [5.74, 6) is 0.208. The average Bonchev–Trinajstić information content (AvgIpc) is 2.34. The number of hydrogen-bond donors (Lipinski definition) is 1. The molecule has 1 fully saturated rings. The number of amides is 1. The average molecular weight is 246 g/mol. The molecule has 0 saturated carbocycles. The van der Waals surface area contributed by atoms with Crippen molar-refractivity contribution in [2.75, 3.05) is 12.3 Å². The predicted octanol–water partition coefficient (Wildman–Crippen LogP) is 2.52. The Hall–Kier alpha value is -1.51. The van der Waals surface area contributed by atoms with Crippen LogP contribution in [0.2, 0.25) is 0 Å². The standard InChI is InChI=1S/C15H22N2O/c1-11-6-7-14(16)13(9-11)10-15(18)17-8-4-3-5-12(17)2/h6-7,9,12H,3-5,8,10,16H2,1-2H3/t12-/m0/s1. The summed E-state index contributed by atoms with van der Waals surface area (Å²) < 4.78 is 0. The fourth-order valence-electron chi connectivity index (χ4n) is 2.62. The van der Waals surface area contributed by atoms with Crippen molar-refractivity contribution in [1.82, 2.24) is 4.90 Å². The number of rotatable bonds is 2. The van der Waals surface area contributed by atoms with Crippen LogP contribution in [0.15, 0.2) is 18.2 Å². The van der Waals surface area contributed by atoms with Gasteiger partial charge in [-0.3, -0.25) is 4.79 Å². The Morgan fingerprint density at radius 1 is 1.44 bits per heavy atom. The molecule has 1 amide bonds. The summed E-state index contributed by atoms with van der Waals surface area (Å²) in [5.41, 5.74) is 8.76. The molecule has 0 spiro atoms. The van der Waals surface area contributed by atoms with Crippen LogP contribution in [0.1, 0.15) is 37.3 Å². The molecule has 2 N–H and O–H groups in total. The zero-order valence-corrected chi connectivity index (χ0v) is 11.3. The lowest BCUT2D eigenvalue weighted by Gasteiger charge is -2.33. The molecule has 3 heteroatoms. The van der Waals surface area contributed by atoms with Crippen molar-refractivity contribution in [2.24, 2.45) is 0 Å². The van der Waals surface area contributed by atoms with Crippen LogP contribution < -0.4 is 5.73 Å². The maximum absolute atomic E-state index is 12.3. The van der Waals surface area contributed by atoms with Crippen LogP contribution in [0.3, 0.4) is 0 Å². The molecule has 0 aromatic heterocycles. The predicted molar refractivity (Wildman–Crippen MR) is 74.3 cm³/mol. The molecule has 2 rings (SSSR count). The molecule has 1 aromatic rings. The van der Waals surface area contributed by atoms with Crippen LogP contribution in [-0.4, -0.2) is 23.4 Å². The molecule has 98 valence electrons. The SMILES string of the molecule is Cc1ccc(N)c(CC(=O)N2CCCC[C@@H]2C)c1. The third-order valence-corrected chi connectivity index (χ3v) is 3.76. The highest BCUT2D eigenvalue weighted by molar-refractivity contribution is 5.80. The van der Waals surface area contributed by atoms with E-state index in [2.05, 4.69) is 6.92 Å². The zero-order valence-electron chi connectivity index (χ0n) is 11.3. The van der Waals surface area contributed by atoms with E-state index in [1.165, 1.54) is 6.42 Å². The molecule has 1 saturated heterocycles. The van der Waals surface area contributed by atoms with Crippen LogP contribution >= 0.6 is 0 Å². The van der Waals surface area contributed by atoms with Gasteiger partial charge in [0.1, 0.15) is 0 Å². The van der Waals surface area contributed by atoms with Crippen LogP contribution in [-0.2, 0) is 11.2 Å². The van der Waals surface area contributed by atoms with Crippen molar-refractivity contribution in [3.63, 3.8) is 0 Å². The van der Waals surface area contributed by atoms with E-state index in [1.54, 1.807) is 0 Å². The van der Waals surface area contributed by atoms with Gasteiger partial charge in [0.25, 0.3) is 0 Å². The second-order valence-electron chi connectivity index (χ2n) is 5.31. The first-order valence-electron chi connectivity index (χ1n) is 6.72. The summed E-state index contributed by atoms with van der Waals surface area (Å²) in [5, 5.41) is 0. The number of aryl methyl sites for hydroxylation is 1. The van der Waals surface area contributed by atoms with Crippen molar-refractivity contribution in [3.8, 4) is 0 Å². The van der Waals surface area contributed by atoms with Crippen molar-refractivity contribution < 1.29 is 4.79 Å². The highest BCUT2D eigenvalue weighted by Crippen LogP contribution is 2.20. The Morgan fingerprint density at radius 2 is 2.22 bits per heavy atom. The van der Waals surface area contributed by atoms with Gasteiger partial charge in [0.15, 0.2) is 0 Å². The van der Waals surface area contributed by atoms with Crippen LogP contribution in [0.5, 0.6) is 0 Å². The van der Waals surface area contributed by atoms with Gasteiger partial charge in [-0.2, -0.15) is 0 Å². The second kappa shape index (κ2) is 5.42. The highest BCUT2D eigenvalue weighted by atomic mass is 16.2. The Kier molecular flexibility index (Phi) is 3.90. The number of nitrogens with zero attached hydrogens (tertiary/aromatic N) is 1. The molecule has 1 aromatic carbocycles. The van der Waals surface area contributed by atoms with E-state index >= 15 is 0 Å². The largest absolute Gasteiger partial charge is 0.398 e. The molecule has 1 heterocycles. The van der Waals surface area contributed by atoms with Crippen molar-refractivity contribution in [3.05, 3.63) is 29.3 Å². The topological polar surface area (TPSA) is 46.3 Å². The van der Waals surface area contributed by atoms with E-state index in [1.807, 2.05) is 30.0 Å². The molecule has 3 nitrogen and oxygen atoms in total. The maximum Gasteiger partial charge on any atom is 0.227 e. The number of nitrogens with two attached hydrogens (primary N) is 1. The number of benzene rings is 1. The fourth-order valence-corrected chi connectivity index (χ4v) is 2.62. The van der Waals surface area contributed by atoms with Gasteiger partial charge in [0.2, 0.25) is 5.91 Å². The molecule has 0 unspecified atom stereocenters. The van der Waals surface area contributed by atoms with E-state index in [4.69, 9.17) is 5.73 Å². The second-order valence-corrected chi connectivity index (χ2v) is 5.31. The third kappa shape index (κ3) is 2.84. The van der Waals surface area contributed by atoms with Gasteiger partial charge >= 0.3 is 0 Å². The van der Waals surface area contributed by atoms with Crippen molar-refractivity contribution in [1.29, 1.82) is 0 Å². The Balaban J connectivity index is 2.08. The molecule has 1 atom stereocenters. The molecule has 1 aliphatic heterocycles. The van der Waals surface area contributed by atoms with Crippen LogP contribution in [0.25, 0.3) is 0 Å². The minimum Gasteiger partial charge on any atom is -0.398 e. The zero-order chi connectivity index (χ0) is 13.1. The molecular weight excluding hydrogens is 224 g/mol. The Bertz CT molecular complexity index is 442. The summed E-state index contributed by atoms with van der Waals surface area (Å²) >= 11 is 0. The summed E-state index contributed by atoms with van der Waals surface area (Å²) in [6, 6.07) is 6.25. The number of nitrogen functional groups attached to an aromatic ring is 1. The minimum absolute atomic E-state index is 0.208. The first-order valence-corrected chi connectivity index (χ1v) is 6.72. The lowest BCUT2D eigenvalue weighted by Crippen LogP contribution is -2.42. The van der Waals surface area contributed by atoms with Gasteiger partial charge in [-0.05, 0) is 44.7 Å². The lowest BCUT2D eigenvalue weighted by molar-refractivity contribution is -0.133. The van der Waals surface area contributed by atoms with Gasteiger partial charge in [-0.25, -0.2) is 0 Å². The van der Waals surface area contributed by atoms with Gasteiger partial charge < -0.3 is 10.6 Å². The van der Waals surface area contributed by atoms with Crippen molar-refractivity contribution in [2.45, 2.75) is 45.6 Å². The van der Waals surface area contributed by atoms with Gasteiger partial charge in [0.05, 0.1) is 6.42 Å². The monoisotopic (exact) mass is 246 g/mol. The van der Waals surface area contributed by atoms with Gasteiger partial charge in [-0.1, -0.05) is 17.7 Å². The smallest absolute Gasteiger partial charge is 0.227 e. The molecular formula is C15H22N2O. The number of hydrogen-bond acceptors (Lipinski definition) is 2. The number of carbonyl (C=O) groups excluding carboxylic acids is 1. The fraction of sp³-hybridized carbons (Fsp3) is 0.533. The van der Waals surface area contributed by atoms with Gasteiger partial charge in [-0.15, -0.1) is 0 Å². The van der Waals surface area contributed by atoms with E-state index in [9.17, 15) is 4.79 Å². The lowest BCUT2D eigenvalue weighted by atomic mass is 10.0. The van der Waals surface area contributed by atoms with Gasteiger partial charge in [0, 0.05) is 18.3 Å². The first kappa shape index (κ1) is 12.9. The first-order chi connectivity index (χ1) is 8.58. The van der Waals surface area contributed by atoms with E-state index in [0.29, 0.717) is 12.5 Å². The maximum atomic E-state index is 12.3. The third-order valence-electron chi connectivity index (χ3n) is 3.76. The number of carbonyl (C=O) groups is 1. The minimum atomic E-state index is 0.208. The normalized spacial score (nSPS) is 19.9. The summed E-state index contributed by atoms with van der Waals surface area (Å²) in [4.78, 5) is 14.3. The van der Waals surface area contributed by atoms with Crippen molar-refractivity contribution >= 4 is 11.6 Å². The number of likely N-dealkylation sites (tertiary alicyclic amines) is 1. The van der Waals surface area contributed by atoms with E-state index in [0.717, 1.165) is 36.2 Å². The quantitative estimate of drug-likeness (QED) is 0.815. The summed E-state index contributed by atoms with van der Waals surface area (Å²) in [7, 11) is 0. The van der Waals surface area contributed by atoms with E-state index in [-0.39, 0.29) is 5.91 Å². The van der Waals surface area contributed by atoms with Crippen LogP contribution in [0, 0.1) is 6.92 Å². The molecule has 0 bridgehead atoms. The van der Waals surface area contributed by atoms with Crippen LogP contribution in [0.4, 0.5) is 5.69 Å². The molecule has 0 radical (unpaired) electrons. The molecule has 1 aliphatic rings. The number of anilines is 1. The highest BCUT2D eigenvalue weighted by Gasteiger charge is 2.23. The Morgan fingerprint density at radius 3 is 2.94 bits per heavy atom. The number of piperidine rings is 1.